The van der Waals surface area contributed by atoms with Crippen molar-refractivity contribution < 1.29 is 10.2 Å². The van der Waals surface area contributed by atoms with Crippen LogP contribution in [0.25, 0.3) is 0 Å². The lowest BCUT2D eigenvalue weighted by Crippen LogP contribution is -2.15. The summed E-state index contributed by atoms with van der Waals surface area (Å²) in [5, 5.41) is 18.9. The molecule has 0 fully saturated rings. The summed E-state index contributed by atoms with van der Waals surface area (Å²) in [6.07, 6.45) is -0.831. The summed E-state index contributed by atoms with van der Waals surface area (Å²) in [5.41, 5.74) is -0.320. The zero-order chi connectivity index (χ0) is 10.6. The maximum atomic E-state index is 9.60. The van der Waals surface area contributed by atoms with E-state index in [-0.39, 0.29) is 0 Å². The zero-order valence-corrected chi connectivity index (χ0v) is 8.36. The molecule has 0 saturated carbocycles. The molecule has 2 heteroatoms. The molecule has 14 heavy (non-hydrogen) atoms. The highest BCUT2D eigenvalue weighted by Crippen LogP contribution is 2.11. The van der Waals surface area contributed by atoms with E-state index in [2.05, 4.69) is 11.8 Å². The Morgan fingerprint density at radius 1 is 1.21 bits per heavy atom. The summed E-state index contributed by atoms with van der Waals surface area (Å²) in [5.74, 6) is 5.17. The fourth-order valence-corrected chi connectivity index (χ4v) is 0.964. The summed E-state index contributed by atoms with van der Waals surface area (Å²) < 4.78 is 0. The van der Waals surface area contributed by atoms with Crippen LogP contribution in [0.4, 0.5) is 0 Å². The van der Waals surface area contributed by atoms with E-state index in [4.69, 9.17) is 0 Å². The van der Waals surface area contributed by atoms with Crippen LogP contribution in [0.1, 0.15) is 25.5 Å². The Kier molecular flexibility index (Phi) is 3.29. The van der Waals surface area contributed by atoms with Crippen LogP contribution >= 0.6 is 0 Å². The second kappa shape index (κ2) is 4.28. The molecular formula is C12H14O2. The Hall–Kier alpha value is -1.30. The van der Waals surface area contributed by atoms with Gasteiger partial charge in [0.2, 0.25) is 0 Å². The molecule has 0 radical (unpaired) electrons. The van der Waals surface area contributed by atoms with Gasteiger partial charge in [0.15, 0.2) is 0 Å². The molecule has 0 saturated heterocycles. The molecule has 0 bridgehead atoms. The number of benzene rings is 1. The largest absolute Gasteiger partial charge is 0.378 e. The van der Waals surface area contributed by atoms with Crippen molar-refractivity contribution in [3.8, 4) is 11.8 Å². The monoisotopic (exact) mass is 190 g/mol. The molecule has 0 amide bonds. The highest BCUT2D eigenvalue weighted by molar-refractivity contribution is 5.26. The molecule has 0 aromatic heterocycles. The van der Waals surface area contributed by atoms with Crippen molar-refractivity contribution in [1.29, 1.82) is 0 Å². The number of hydrogen-bond donors (Lipinski definition) is 2. The Balaban J connectivity index is 2.76. The van der Waals surface area contributed by atoms with E-state index in [1.165, 1.54) is 0 Å². The minimum absolute atomic E-state index is 0.740. The molecule has 74 valence electrons. The number of rotatable bonds is 1. The quantitative estimate of drug-likeness (QED) is 0.659. The fraction of sp³-hybridized carbons (Fsp3) is 0.333. The maximum absolute atomic E-state index is 9.60. The third-order valence-electron chi connectivity index (χ3n) is 1.63. The van der Waals surface area contributed by atoms with Gasteiger partial charge in [-0.05, 0) is 19.4 Å². The average molecular weight is 190 g/mol. The number of aliphatic hydroxyl groups excluding tert-OH is 1. The molecule has 1 unspecified atom stereocenters. The summed E-state index contributed by atoms with van der Waals surface area (Å²) in [4.78, 5) is 0. The van der Waals surface area contributed by atoms with Gasteiger partial charge in [-0.2, -0.15) is 0 Å². The normalized spacial score (nSPS) is 12.9. The molecule has 1 rings (SSSR count). The van der Waals surface area contributed by atoms with E-state index >= 15 is 0 Å². The van der Waals surface area contributed by atoms with Gasteiger partial charge in [0, 0.05) is 0 Å². The molecule has 1 atom stereocenters. The van der Waals surface area contributed by atoms with Crippen LogP contribution in [0.2, 0.25) is 0 Å². The van der Waals surface area contributed by atoms with Gasteiger partial charge in [-0.15, -0.1) is 0 Å². The lowest BCUT2D eigenvalue weighted by molar-refractivity contribution is 0.142. The second-order valence-corrected chi connectivity index (χ2v) is 3.64. The highest BCUT2D eigenvalue weighted by atomic mass is 16.3. The Morgan fingerprint density at radius 2 is 1.79 bits per heavy atom. The van der Waals surface area contributed by atoms with Gasteiger partial charge in [0.1, 0.15) is 11.7 Å². The number of aliphatic hydroxyl groups is 2. The SMILES string of the molecule is CC(C)(O)C#CC(O)c1ccccc1. The van der Waals surface area contributed by atoms with Gasteiger partial charge >= 0.3 is 0 Å². The van der Waals surface area contributed by atoms with Crippen molar-refractivity contribution in [2.45, 2.75) is 25.6 Å². The summed E-state index contributed by atoms with van der Waals surface area (Å²) in [6.45, 7) is 3.16. The third-order valence-corrected chi connectivity index (χ3v) is 1.63. The fourth-order valence-electron chi connectivity index (χ4n) is 0.964. The lowest BCUT2D eigenvalue weighted by Gasteiger charge is -2.08. The van der Waals surface area contributed by atoms with Gasteiger partial charge in [0.05, 0.1) is 0 Å². The molecule has 0 heterocycles. The summed E-state index contributed by atoms with van der Waals surface area (Å²) in [7, 11) is 0. The lowest BCUT2D eigenvalue weighted by atomic mass is 10.1. The summed E-state index contributed by atoms with van der Waals surface area (Å²) >= 11 is 0. The van der Waals surface area contributed by atoms with Gasteiger partial charge in [0.25, 0.3) is 0 Å². The van der Waals surface area contributed by atoms with E-state index in [1.807, 2.05) is 18.2 Å². The molecule has 2 nitrogen and oxygen atoms in total. The van der Waals surface area contributed by atoms with E-state index in [0.717, 1.165) is 5.56 Å². The smallest absolute Gasteiger partial charge is 0.140 e. The Bertz CT molecular complexity index is 338. The minimum atomic E-state index is -1.06. The standard InChI is InChI=1S/C12H14O2/c1-12(2,14)9-8-11(13)10-6-4-3-5-7-10/h3-7,11,13-14H,1-2H3. The van der Waals surface area contributed by atoms with E-state index in [9.17, 15) is 10.2 Å². The predicted molar refractivity (Wildman–Crippen MR) is 55.5 cm³/mol. The molecule has 0 spiro atoms. The van der Waals surface area contributed by atoms with Gasteiger partial charge in [-0.3, -0.25) is 0 Å². The van der Waals surface area contributed by atoms with Gasteiger partial charge in [-0.1, -0.05) is 42.2 Å². The van der Waals surface area contributed by atoms with Crippen molar-refractivity contribution in [3.05, 3.63) is 35.9 Å². The van der Waals surface area contributed by atoms with E-state index in [1.54, 1.807) is 26.0 Å². The number of hydrogen-bond acceptors (Lipinski definition) is 2. The molecule has 1 aromatic carbocycles. The maximum Gasteiger partial charge on any atom is 0.140 e. The zero-order valence-electron chi connectivity index (χ0n) is 8.36. The molecule has 2 N–H and O–H groups in total. The van der Waals surface area contributed by atoms with Crippen LogP contribution in [-0.4, -0.2) is 15.8 Å². The average Bonchev–Trinajstić information content (AvgIpc) is 2.14. The van der Waals surface area contributed by atoms with Crippen LogP contribution in [0.3, 0.4) is 0 Å². The first-order valence-electron chi connectivity index (χ1n) is 4.47. The van der Waals surface area contributed by atoms with Crippen molar-refractivity contribution in [1.82, 2.24) is 0 Å². The third kappa shape index (κ3) is 3.61. The first kappa shape index (κ1) is 10.8. The van der Waals surface area contributed by atoms with E-state index < -0.39 is 11.7 Å². The van der Waals surface area contributed by atoms with Crippen molar-refractivity contribution in [2.75, 3.05) is 0 Å². The van der Waals surface area contributed by atoms with Crippen LogP contribution in [0.5, 0.6) is 0 Å². The van der Waals surface area contributed by atoms with Gasteiger partial charge < -0.3 is 10.2 Å². The Labute approximate surface area is 84.2 Å². The topological polar surface area (TPSA) is 40.5 Å². The molecule has 0 aliphatic rings. The molecular weight excluding hydrogens is 176 g/mol. The van der Waals surface area contributed by atoms with Crippen molar-refractivity contribution >= 4 is 0 Å². The Morgan fingerprint density at radius 3 is 2.29 bits per heavy atom. The molecule has 1 aromatic rings. The molecule has 0 aliphatic heterocycles. The van der Waals surface area contributed by atoms with Crippen molar-refractivity contribution in [3.63, 3.8) is 0 Å². The summed E-state index contributed by atoms with van der Waals surface area (Å²) in [6, 6.07) is 9.14. The first-order valence-corrected chi connectivity index (χ1v) is 4.47. The predicted octanol–water partition coefficient (Wildman–Crippen LogP) is 1.49. The van der Waals surface area contributed by atoms with Crippen LogP contribution < -0.4 is 0 Å². The van der Waals surface area contributed by atoms with Crippen LogP contribution in [0.15, 0.2) is 30.3 Å². The van der Waals surface area contributed by atoms with Gasteiger partial charge in [-0.25, -0.2) is 0 Å². The highest BCUT2D eigenvalue weighted by Gasteiger charge is 2.08. The van der Waals surface area contributed by atoms with Crippen LogP contribution in [0, 0.1) is 11.8 Å². The first-order chi connectivity index (χ1) is 6.49. The van der Waals surface area contributed by atoms with E-state index in [0.29, 0.717) is 0 Å². The second-order valence-electron chi connectivity index (χ2n) is 3.64. The van der Waals surface area contributed by atoms with Crippen molar-refractivity contribution in [2.24, 2.45) is 0 Å². The molecule has 0 aliphatic carbocycles. The minimum Gasteiger partial charge on any atom is -0.378 e. The van der Waals surface area contributed by atoms with Crippen LogP contribution in [-0.2, 0) is 0 Å².